The van der Waals surface area contributed by atoms with Crippen molar-refractivity contribution in [3.8, 4) is 22.8 Å². The van der Waals surface area contributed by atoms with Crippen LogP contribution in [0.15, 0.2) is 71.0 Å². The number of rotatable bonds is 11. The van der Waals surface area contributed by atoms with E-state index in [1.54, 1.807) is 42.5 Å². The number of allylic oxidation sites excluding steroid dienone is 2. The molecule has 0 spiro atoms. The van der Waals surface area contributed by atoms with Crippen LogP contribution in [0, 0.1) is 0 Å². The number of carbonyl (C=O) groups is 1. The van der Waals surface area contributed by atoms with Crippen LogP contribution >= 0.6 is 11.3 Å². The molecular weight excluding hydrogens is 522 g/mol. The zero-order valence-corrected chi connectivity index (χ0v) is 23.1. The highest BCUT2D eigenvalue weighted by Crippen LogP contribution is 2.35. The summed E-state index contributed by atoms with van der Waals surface area (Å²) in [6.45, 7) is 6.00. The van der Waals surface area contributed by atoms with Crippen molar-refractivity contribution in [1.29, 1.82) is 0 Å². The number of nitrogens with zero attached hydrogens (tertiary/aromatic N) is 2. The Bertz CT molecular complexity index is 1410. The monoisotopic (exact) mass is 553 g/mol. The minimum atomic E-state index is -3.50. The van der Waals surface area contributed by atoms with Gasteiger partial charge in [0.25, 0.3) is 0 Å². The van der Waals surface area contributed by atoms with Gasteiger partial charge < -0.3 is 9.47 Å². The molecule has 1 amide bonds. The summed E-state index contributed by atoms with van der Waals surface area (Å²) >= 11 is 1.34. The Balaban J connectivity index is 1.32. The van der Waals surface area contributed by atoms with Gasteiger partial charge in [-0.2, -0.15) is 4.31 Å². The van der Waals surface area contributed by atoms with E-state index < -0.39 is 10.0 Å². The minimum Gasteiger partial charge on any atom is -0.486 e. The molecule has 1 aromatic heterocycles. The van der Waals surface area contributed by atoms with Crippen molar-refractivity contribution in [2.45, 2.75) is 31.6 Å². The largest absolute Gasteiger partial charge is 0.486 e. The van der Waals surface area contributed by atoms with Crippen LogP contribution < -0.4 is 14.8 Å². The third kappa shape index (κ3) is 6.89. The fourth-order valence-electron chi connectivity index (χ4n) is 3.87. The van der Waals surface area contributed by atoms with Gasteiger partial charge in [-0.3, -0.25) is 10.1 Å². The zero-order valence-electron chi connectivity index (χ0n) is 21.4. The maximum Gasteiger partial charge on any atom is 0.250 e. The Morgan fingerprint density at radius 1 is 1.03 bits per heavy atom. The van der Waals surface area contributed by atoms with Gasteiger partial charge in [-0.25, -0.2) is 13.4 Å². The van der Waals surface area contributed by atoms with Crippen LogP contribution in [-0.4, -0.2) is 49.9 Å². The molecule has 38 heavy (non-hydrogen) atoms. The van der Waals surface area contributed by atoms with Crippen molar-refractivity contribution in [3.63, 3.8) is 0 Å². The van der Waals surface area contributed by atoms with Gasteiger partial charge >= 0.3 is 0 Å². The van der Waals surface area contributed by atoms with Gasteiger partial charge in [-0.15, -0.1) is 11.3 Å². The van der Waals surface area contributed by atoms with E-state index in [0.29, 0.717) is 42.9 Å². The van der Waals surface area contributed by atoms with Crippen LogP contribution in [0.5, 0.6) is 11.5 Å². The molecular formula is C28H31N3O5S2. The molecule has 0 aliphatic carbocycles. The highest BCUT2D eigenvalue weighted by Gasteiger charge is 2.22. The first-order valence-electron chi connectivity index (χ1n) is 12.5. The summed E-state index contributed by atoms with van der Waals surface area (Å²) in [6, 6.07) is 12.4. The molecule has 0 unspecified atom stereocenters. The highest BCUT2D eigenvalue weighted by atomic mass is 32.2. The van der Waals surface area contributed by atoms with Crippen molar-refractivity contribution in [1.82, 2.24) is 9.29 Å². The summed E-state index contributed by atoms with van der Waals surface area (Å²) in [5.41, 5.74) is 2.45. The minimum absolute atomic E-state index is 0.283. The second-order valence-electron chi connectivity index (χ2n) is 8.58. The van der Waals surface area contributed by atoms with Crippen LogP contribution in [0.2, 0.25) is 0 Å². The Labute approximate surface area is 227 Å². The molecule has 2 aromatic carbocycles. The number of fused-ring (bicyclic) bond motifs is 1. The SMILES string of the molecule is CCCN(CCC)S(=O)(=O)c1ccc(/C=C/C=C/C(=O)Nc2nc(-c3ccc4c(c3)OCCO4)cs2)cc1. The number of sulfonamides is 1. The number of carbonyl (C=O) groups excluding carboxylic acids is 1. The number of aromatic nitrogens is 1. The van der Waals surface area contributed by atoms with E-state index in [0.717, 1.165) is 29.7 Å². The fraction of sp³-hybridized carbons (Fsp3) is 0.286. The second kappa shape index (κ2) is 12.9. The molecule has 0 atom stereocenters. The third-order valence-corrected chi connectivity index (χ3v) is 8.35. The Kier molecular flexibility index (Phi) is 9.33. The molecule has 10 heteroatoms. The van der Waals surface area contributed by atoms with Crippen LogP contribution in [0.4, 0.5) is 5.13 Å². The average molecular weight is 554 g/mol. The summed E-state index contributed by atoms with van der Waals surface area (Å²) in [4.78, 5) is 17.1. The lowest BCUT2D eigenvalue weighted by molar-refractivity contribution is -0.111. The van der Waals surface area contributed by atoms with E-state index in [2.05, 4.69) is 10.3 Å². The van der Waals surface area contributed by atoms with Crippen molar-refractivity contribution in [2.24, 2.45) is 0 Å². The first-order chi connectivity index (χ1) is 18.4. The zero-order chi connectivity index (χ0) is 27.0. The summed E-state index contributed by atoms with van der Waals surface area (Å²) < 4.78 is 38.5. The maximum atomic E-state index is 12.9. The van der Waals surface area contributed by atoms with E-state index in [-0.39, 0.29) is 10.8 Å². The molecule has 0 bridgehead atoms. The van der Waals surface area contributed by atoms with Crippen LogP contribution in [0.3, 0.4) is 0 Å². The molecule has 0 radical (unpaired) electrons. The van der Waals surface area contributed by atoms with E-state index in [4.69, 9.17) is 9.47 Å². The molecule has 3 aromatic rings. The first kappa shape index (κ1) is 27.6. The van der Waals surface area contributed by atoms with Gasteiger partial charge in [-0.05, 0) is 48.7 Å². The van der Waals surface area contributed by atoms with E-state index in [9.17, 15) is 13.2 Å². The number of anilines is 1. The van der Waals surface area contributed by atoms with E-state index in [1.807, 2.05) is 37.4 Å². The molecule has 200 valence electrons. The number of benzene rings is 2. The lowest BCUT2D eigenvalue weighted by Crippen LogP contribution is -2.32. The van der Waals surface area contributed by atoms with Gasteiger partial charge in [0, 0.05) is 30.1 Å². The molecule has 0 fully saturated rings. The maximum absolute atomic E-state index is 12.9. The quantitative estimate of drug-likeness (QED) is 0.245. The first-order valence-corrected chi connectivity index (χ1v) is 14.8. The number of nitrogens with one attached hydrogen (secondary N) is 1. The Morgan fingerprint density at radius 3 is 2.45 bits per heavy atom. The molecule has 1 aliphatic rings. The van der Waals surface area contributed by atoms with Crippen molar-refractivity contribution in [2.75, 3.05) is 31.6 Å². The van der Waals surface area contributed by atoms with E-state index >= 15 is 0 Å². The average Bonchev–Trinajstić information content (AvgIpc) is 3.39. The van der Waals surface area contributed by atoms with Crippen LogP contribution in [-0.2, 0) is 14.8 Å². The highest BCUT2D eigenvalue weighted by molar-refractivity contribution is 7.89. The van der Waals surface area contributed by atoms with Gasteiger partial charge in [0.1, 0.15) is 13.2 Å². The number of hydrogen-bond acceptors (Lipinski definition) is 7. The lowest BCUT2D eigenvalue weighted by Gasteiger charge is -2.21. The molecule has 0 saturated heterocycles. The lowest BCUT2D eigenvalue weighted by atomic mass is 10.1. The van der Waals surface area contributed by atoms with Crippen molar-refractivity contribution in [3.05, 3.63) is 71.6 Å². The molecule has 4 rings (SSSR count). The number of amides is 1. The normalized spacial score (nSPS) is 13.4. The number of hydrogen-bond donors (Lipinski definition) is 1. The predicted octanol–water partition coefficient (Wildman–Crippen LogP) is 5.60. The van der Waals surface area contributed by atoms with Crippen LogP contribution in [0.25, 0.3) is 17.3 Å². The van der Waals surface area contributed by atoms with Gasteiger partial charge in [0.05, 0.1) is 10.6 Å². The number of ether oxygens (including phenoxy) is 2. The predicted molar refractivity (Wildman–Crippen MR) is 151 cm³/mol. The summed E-state index contributed by atoms with van der Waals surface area (Å²) in [5.74, 6) is 1.10. The van der Waals surface area contributed by atoms with Crippen LogP contribution in [0.1, 0.15) is 32.3 Å². The smallest absolute Gasteiger partial charge is 0.250 e. The second-order valence-corrected chi connectivity index (χ2v) is 11.4. The summed E-state index contributed by atoms with van der Waals surface area (Å²) in [5, 5.41) is 5.13. The molecule has 1 N–H and O–H groups in total. The van der Waals surface area contributed by atoms with Crippen molar-refractivity contribution < 1.29 is 22.7 Å². The number of thiazole rings is 1. The molecule has 8 nitrogen and oxygen atoms in total. The molecule has 0 saturated carbocycles. The van der Waals surface area contributed by atoms with Crippen molar-refractivity contribution >= 4 is 38.5 Å². The summed E-state index contributed by atoms with van der Waals surface area (Å²) in [6.07, 6.45) is 8.10. The third-order valence-electron chi connectivity index (χ3n) is 5.68. The van der Waals surface area contributed by atoms with Gasteiger partial charge in [0.15, 0.2) is 16.6 Å². The Hall–Kier alpha value is -3.47. The standard InChI is InChI=1S/C28H31N3O5S2/c1-3-15-31(16-4-2)38(33,34)23-12-9-21(10-13-23)7-5-6-8-27(32)30-28-29-24(20-37-28)22-11-14-25-26(19-22)36-18-17-35-25/h5-14,19-20H,3-4,15-18H2,1-2H3,(H,29,30,32)/b7-5+,8-6+. The van der Waals surface area contributed by atoms with Gasteiger partial charge in [0.2, 0.25) is 15.9 Å². The van der Waals surface area contributed by atoms with E-state index in [1.165, 1.54) is 21.7 Å². The molecule has 2 heterocycles. The van der Waals surface area contributed by atoms with Gasteiger partial charge in [-0.1, -0.05) is 44.2 Å². The molecule has 1 aliphatic heterocycles. The topological polar surface area (TPSA) is 97.8 Å². The fourth-order valence-corrected chi connectivity index (χ4v) is 6.22. The Morgan fingerprint density at radius 2 is 1.74 bits per heavy atom. The summed E-state index contributed by atoms with van der Waals surface area (Å²) in [7, 11) is -3.50.